The molecule has 0 unspecified atom stereocenters. The third-order valence-electron chi connectivity index (χ3n) is 1.76. The van der Waals surface area contributed by atoms with Crippen LogP contribution in [0.4, 0.5) is 0 Å². The van der Waals surface area contributed by atoms with Gasteiger partial charge < -0.3 is 5.11 Å². The topological polar surface area (TPSA) is 45.0 Å². The first-order valence-corrected chi connectivity index (χ1v) is 4.17. The van der Waals surface area contributed by atoms with Crippen molar-refractivity contribution >= 4 is 12.6 Å². The molecule has 1 aromatic rings. The molecule has 0 radical (unpaired) electrons. The summed E-state index contributed by atoms with van der Waals surface area (Å²) in [6.45, 7) is 6.95. The molecule has 0 spiro atoms. The lowest BCUT2D eigenvalue weighted by Gasteiger charge is -2.00. The van der Waals surface area contributed by atoms with Crippen molar-refractivity contribution in [2.45, 2.75) is 6.61 Å². The number of aliphatic imine (C=N–C) groups is 2. The van der Waals surface area contributed by atoms with Gasteiger partial charge in [-0.15, -0.1) is 0 Å². The summed E-state index contributed by atoms with van der Waals surface area (Å²) in [6.07, 6.45) is 1.42. The van der Waals surface area contributed by atoms with Gasteiger partial charge in [0, 0.05) is 11.8 Å². The summed E-state index contributed by atoms with van der Waals surface area (Å²) in [5.74, 6) is 0.532. The Labute approximate surface area is 83.2 Å². The molecule has 0 bridgehead atoms. The van der Waals surface area contributed by atoms with E-state index in [1.165, 1.54) is 6.20 Å². The van der Waals surface area contributed by atoms with Crippen LogP contribution in [-0.4, -0.2) is 17.7 Å². The molecule has 0 aliphatic rings. The number of aliphatic hydroxyl groups is 1. The van der Waals surface area contributed by atoms with Crippen LogP contribution in [-0.2, 0) is 6.61 Å². The van der Waals surface area contributed by atoms with E-state index in [0.29, 0.717) is 5.84 Å². The van der Waals surface area contributed by atoms with Crippen molar-refractivity contribution in [1.29, 1.82) is 0 Å². The summed E-state index contributed by atoms with van der Waals surface area (Å²) in [5, 5.41) is 8.85. The van der Waals surface area contributed by atoms with E-state index < -0.39 is 0 Å². The maximum Gasteiger partial charge on any atom is 0.158 e. The number of hydrogen-bond donors (Lipinski definition) is 1. The molecular formula is C11H12N2O. The molecule has 72 valence electrons. The van der Waals surface area contributed by atoms with Crippen molar-refractivity contribution in [1.82, 2.24) is 0 Å². The van der Waals surface area contributed by atoms with E-state index in [1.807, 2.05) is 24.3 Å². The molecule has 0 aliphatic heterocycles. The highest BCUT2D eigenvalue weighted by molar-refractivity contribution is 6.01. The zero-order chi connectivity index (χ0) is 10.4. The molecule has 0 saturated heterocycles. The molecule has 3 heteroatoms. The van der Waals surface area contributed by atoms with Gasteiger partial charge in [0.25, 0.3) is 0 Å². The van der Waals surface area contributed by atoms with Crippen molar-refractivity contribution in [3.63, 3.8) is 0 Å². The average molecular weight is 188 g/mol. The van der Waals surface area contributed by atoms with Crippen LogP contribution in [0.5, 0.6) is 0 Å². The molecule has 1 N–H and O–H groups in total. The van der Waals surface area contributed by atoms with E-state index in [2.05, 4.69) is 23.3 Å². The summed E-state index contributed by atoms with van der Waals surface area (Å²) in [5.41, 5.74) is 1.72. The van der Waals surface area contributed by atoms with Gasteiger partial charge in [-0.05, 0) is 12.3 Å². The Morgan fingerprint density at radius 2 is 2.00 bits per heavy atom. The summed E-state index contributed by atoms with van der Waals surface area (Å²) >= 11 is 0. The van der Waals surface area contributed by atoms with Gasteiger partial charge in [-0.3, -0.25) is 0 Å². The van der Waals surface area contributed by atoms with Gasteiger partial charge in [0.2, 0.25) is 0 Å². The van der Waals surface area contributed by atoms with Crippen LogP contribution in [0.15, 0.2) is 47.0 Å². The van der Waals surface area contributed by atoms with Gasteiger partial charge in [-0.1, -0.05) is 30.8 Å². The number of benzene rings is 1. The minimum atomic E-state index is 0.0374. The molecular weight excluding hydrogens is 176 g/mol. The predicted molar refractivity (Wildman–Crippen MR) is 58.6 cm³/mol. The van der Waals surface area contributed by atoms with E-state index in [4.69, 9.17) is 5.11 Å². The number of aliphatic hydroxyl groups excluding tert-OH is 1. The van der Waals surface area contributed by atoms with Crippen LogP contribution in [0.25, 0.3) is 0 Å². The molecule has 1 rings (SSSR count). The zero-order valence-corrected chi connectivity index (χ0v) is 7.85. The summed E-state index contributed by atoms with van der Waals surface area (Å²) in [6, 6.07) is 7.31. The summed E-state index contributed by atoms with van der Waals surface area (Å²) in [4.78, 5) is 7.73. The van der Waals surface area contributed by atoms with E-state index in [9.17, 15) is 0 Å². The first-order valence-electron chi connectivity index (χ1n) is 4.17. The third-order valence-corrected chi connectivity index (χ3v) is 1.76. The summed E-state index contributed by atoms with van der Waals surface area (Å²) in [7, 11) is 0. The lowest BCUT2D eigenvalue weighted by Crippen LogP contribution is -1.96. The number of nitrogens with zero attached hydrogens (tertiary/aromatic N) is 2. The molecule has 0 atom stereocenters. The third kappa shape index (κ3) is 2.37. The SMILES string of the molecule is C=CN=C(N=C)c1ccc(CO)cc1. The van der Waals surface area contributed by atoms with E-state index in [0.717, 1.165) is 11.1 Å². The Morgan fingerprint density at radius 1 is 1.36 bits per heavy atom. The monoisotopic (exact) mass is 188 g/mol. The second kappa shape index (κ2) is 5.09. The fourth-order valence-electron chi connectivity index (χ4n) is 1.05. The zero-order valence-electron chi connectivity index (χ0n) is 7.85. The first kappa shape index (κ1) is 10.3. The lowest BCUT2D eigenvalue weighted by atomic mass is 10.1. The Hall–Kier alpha value is -1.74. The Morgan fingerprint density at radius 3 is 2.43 bits per heavy atom. The van der Waals surface area contributed by atoms with Gasteiger partial charge >= 0.3 is 0 Å². The minimum absolute atomic E-state index is 0.0374. The number of hydrogen-bond acceptors (Lipinski definition) is 2. The van der Waals surface area contributed by atoms with Gasteiger partial charge in [-0.2, -0.15) is 0 Å². The largest absolute Gasteiger partial charge is 0.392 e. The maximum atomic E-state index is 8.85. The van der Waals surface area contributed by atoms with Crippen LogP contribution >= 0.6 is 0 Å². The number of rotatable bonds is 3. The van der Waals surface area contributed by atoms with Gasteiger partial charge in [0.15, 0.2) is 5.84 Å². The fourth-order valence-corrected chi connectivity index (χ4v) is 1.05. The summed E-state index contributed by atoms with van der Waals surface area (Å²) < 4.78 is 0. The highest BCUT2D eigenvalue weighted by Gasteiger charge is 1.99. The molecule has 0 aliphatic carbocycles. The van der Waals surface area contributed by atoms with Crippen LogP contribution in [0, 0.1) is 0 Å². The molecule has 0 fully saturated rings. The van der Waals surface area contributed by atoms with E-state index in [-0.39, 0.29) is 6.61 Å². The van der Waals surface area contributed by atoms with E-state index in [1.54, 1.807) is 0 Å². The Kier molecular flexibility index (Phi) is 3.76. The van der Waals surface area contributed by atoms with Crippen molar-refractivity contribution in [3.05, 3.63) is 48.2 Å². The number of amidine groups is 1. The normalized spacial score (nSPS) is 11.1. The maximum absolute atomic E-state index is 8.85. The quantitative estimate of drug-likeness (QED) is 0.570. The molecule has 0 amide bonds. The molecule has 1 aromatic carbocycles. The lowest BCUT2D eigenvalue weighted by molar-refractivity contribution is 0.282. The first-order chi connectivity index (χ1) is 6.81. The highest BCUT2D eigenvalue weighted by Crippen LogP contribution is 2.06. The predicted octanol–water partition coefficient (Wildman–Crippen LogP) is 1.77. The molecule has 0 aromatic heterocycles. The second-order valence-electron chi connectivity index (χ2n) is 2.65. The van der Waals surface area contributed by atoms with Crippen molar-refractivity contribution in [2.24, 2.45) is 9.98 Å². The van der Waals surface area contributed by atoms with Gasteiger partial charge in [-0.25, -0.2) is 9.98 Å². The highest BCUT2D eigenvalue weighted by atomic mass is 16.3. The Bertz CT molecular complexity index is 352. The van der Waals surface area contributed by atoms with Gasteiger partial charge in [0.1, 0.15) is 0 Å². The van der Waals surface area contributed by atoms with Crippen LogP contribution in [0.3, 0.4) is 0 Å². The van der Waals surface area contributed by atoms with Crippen molar-refractivity contribution < 1.29 is 5.11 Å². The van der Waals surface area contributed by atoms with Gasteiger partial charge in [0.05, 0.1) is 6.61 Å². The second-order valence-corrected chi connectivity index (χ2v) is 2.65. The van der Waals surface area contributed by atoms with Crippen LogP contribution < -0.4 is 0 Å². The van der Waals surface area contributed by atoms with Crippen molar-refractivity contribution in [3.8, 4) is 0 Å². The molecule has 0 saturated carbocycles. The minimum Gasteiger partial charge on any atom is -0.392 e. The fraction of sp³-hybridized carbons (Fsp3) is 0.0909. The molecule has 3 nitrogen and oxygen atoms in total. The Balaban J connectivity index is 3.00. The standard InChI is InChI=1S/C11H12N2O/c1-3-13-11(12-2)10-6-4-9(8-14)5-7-10/h3-7,14H,1-2,8H2. The average Bonchev–Trinajstić information content (AvgIpc) is 2.26. The molecule has 14 heavy (non-hydrogen) atoms. The molecule has 0 heterocycles. The van der Waals surface area contributed by atoms with Crippen molar-refractivity contribution in [2.75, 3.05) is 0 Å². The van der Waals surface area contributed by atoms with Crippen LogP contribution in [0.2, 0.25) is 0 Å². The smallest absolute Gasteiger partial charge is 0.158 e. The van der Waals surface area contributed by atoms with Crippen LogP contribution in [0.1, 0.15) is 11.1 Å². The van der Waals surface area contributed by atoms with E-state index >= 15 is 0 Å².